The van der Waals surface area contributed by atoms with Crippen LogP contribution in [-0.2, 0) is 4.79 Å². The van der Waals surface area contributed by atoms with E-state index in [9.17, 15) is 4.79 Å². The summed E-state index contributed by atoms with van der Waals surface area (Å²) in [6.45, 7) is 1.08. The highest BCUT2D eigenvalue weighted by molar-refractivity contribution is 5.95. The number of carbonyl (C=O) groups is 2. The summed E-state index contributed by atoms with van der Waals surface area (Å²) in [6, 6.07) is 16.3. The van der Waals surface area contributed by atoms with Crippen molar-refractivity contribution in [3.8, 4) is 0 Å². The molecule has 3 N–H and O–H groups in total. The lowest BCUT2D eigenvalue weighted by molar-refractivity contribution is -0.134. The maximum Gasteiger partial charge on any atom is 0.337 e. The van der Waals surface area contributed by atoms with Crippen LogP contribution in [0.5, 0.6) is 0 Å². The van der Waals surface area contributed by atoms with E-state index in [-0.39, 0.29) is 5.56 Å². The van der Waals surface area contributed by atoms with Gasteiger partial charge in [0.15, 0.2) is 0 Å². The maximum absolute atomic E-state index is 11.0. The number of hydrogen-bond donors (Lipinski definition) is 3. The Morgan fingerprint density at radius 1 is 0.900 bits per heavy atom. The fourth-order valence-electron chi connectivity index (χ4n) is 1.46. The molecule has 0 spiro atoms. The van der Waals surface area contributed by atoms with Gasteiger partial charge in [-0.15, -0.1) is 0 Å². The van der Waals surface area contributed by atoms with Crippen molar-refractivity contribution < 1.29 is 19.8 Å². The van der Waals surface area contributed by atoms with E-state index in [0.29, 0.717) is 5.69 Å². The molecule has 0 aliphatic carbocycles. The van der Waals surface area contributed by atoms with Crippen molar-refractivity contribution >= 4 is 23.3 Å². The number of aromatic carboxylic acids is 1. The molecule has 0 fully saturated rings. The first-order chi connectivity index (χ1) is 9.50. The highest BCUT2D eigenvalue weighted by Crippen LogP contribution is 2.20. The fourth-order valence-corrected chi connectivity index (χ4v) is 1.46. The molecule has 0 atom stereocenters. The second-order valence-corrected chi connectivity index (χ2v) is 3.86. The molecule has 2 aromatic carbocycles. The first kappa shape index (κ1) is 15.2. The Morgan fingerprint density at radius 3 is 1.95 bits per heavy atom. The van der Waals surface area contributed by atoms with Crippen molar-refractivity contribution in [1.29, 1.82) is 0 Å². The van der Waals surface area contributed by atoms with Gasteiger partial charge in [0.05, 0.1) is 11.3 Å². The Kier molecular flexibility index (Phi) is 5.77. The van der Waals surface area contributed by atoms with Crippen LogP contribution in [-0.4, -0.2) is 22.2 Å². The molecule has 0 heterocycles. The van der Waals surface area contributed by atoms with Crippen molar-refractivity contribution in [2.24, 2.45) is 0 Å². The minimum Gasteiger partial charge on any atom is -0.481 e. The van der Waals surface area contributed by atoms with Gasteiger partial charge in [0, 0.05) is 12.6 Å². The summed E-state index contributed by atoms with van der Waals surface area (Å²) in [6.07, 6.45) is 0. The van der Waals surface area contributed by atoms with Crippen LogP contribution in [0.1, 0.15) is 17.3 Å². The summed E-state index contributed by atoms with van der Waals surface area (Å²) in [5.41, 5.74) is 1.74. The summed E-state index contributed by atoms with van der Waals surface area (Å²) >= 11 is 0. The summed E-state index contributed by atoms with van der Waals surface area (Å²) in [5.74, 6) is -1.76. The second kappa shape index (κ2) is 7.58. The predicted molar refractivity (Wildman–Crippen MR) is 76.4 cm³/mol. The number of carboxylic acids is 2. The van der Waals surface area contributed by atoms with Gasteiger partial charge in [-0.05, 0) is 24.3 Å². The van der Waals surface area contributed by atoms with Gasteiger partial charge in [-0.1, -0.05) is 30.3 Å². The molecule has 5 nitrogen and oxygen atoms in total. The Balaban J connectivity index is 0.000000444. The first-order valence-corrected chi connectivity index (χ1v) is 5.84. The molecule has 20 heavy (non-hydrogen) atoms. The normalized spacial score (nSPS) is 9.05. The van der Waals surface area contributed by atoms with Crippen LogP contribution in [0, 0.1) is 0 Å². The van der Waals surface area contributed by atoms with E-state index in [0.717, 1.165) is 12.6 Å². The molecule has 0 unspecified atom stereocenters. The van der Waals surface area contributed by atoms with Crippen molar-refractivity contribution in [3.05, 3.63) is 60.2 Å². The zero-order valence-electron chi connectivity index (χ0n) is 10.9. The topological polar surface area (TPSA) is 86.6 Å². The summed E-state index contributed by atoms with van der Waals surface area (Å²) in [7, 11) is 0. The molecule has 2 rings (SSSR count). The molecule has 0 saturated heterocycles. The van der Waals surface area contributed by atoms with E-state index in [2.05, 4.69) is 5.32 Å². The molecule has 0 bridgehead atoms. The number of rotatable bonds is 3. The van der Waals surface area contributed by atoms with Crippen LogP contribution in [0.3, 0.4) is 0 Å². The highest BCUT2D eigenvalue weighted by Gasteiger charge is 2.08. The average molecular weight is 273 g/mol. The van der Waals surface area contributed by atoms with Gasteiger partial charge in [-0.3, -0.25) is 4.79 Å². The maximum atomic E-state index is 11.0. The Bertz CT molecular complexity index is 577. The number of para-hydroxylation sites is 2. The lowest BCUT2D eigenvalue weighted by atomic mass is 10.1. The zero-order chi connectivity index (χ0) is 15.0. The summed E-state index contributed by atoms with van der Waals surface area (Å²) in [4.78, 5) is 20.0. The van der Waals surface area contributed by atoms with Crippen molar-refractivity contribution in [2.75, 3.05) is 5.32 Å². The van der Waals surface area contributed by atoms with Crippen LogP contribution in [0.4, 0.5) is 11.4 Å². The molecule has 0 radical (unpaired) electrons. The van der Waals surface area contributed by atoms with E-state index in [1.54, 1.807) is 24.3 Å². The van der Waals surface area contributed by atoms with E-state index >= 15 is 0 Å². The van der Waals surface area contributed by atoms with Gasteiger partial charge in [0.25, 0.3) is 5.97 Å². The van der Waals surface area contributed by atoms with E-state index < -0.39 is 11.9 Å². The number of carboxylic acid groups (broad SMARTS) is 2. The number of benzene rings is 2. The molecule has 0 amide bonds. The first-order valence-electron chi connectivity index (χ1n) is 5.84. The zero-order valence-corrected chi connectivity index (χ0v) is 10.9. The lowest BCUT2D eigenvalue weighted by Gasteiger charge is -2.08. The lowest BCUT2D eigenvalue weighted by Crippen LogP contribution is -2.01. The van der Waals surface area contributed by atoms with Gasteiger partial charge in [0.2, 0.25) is 0 Å². The van der Waals surface area contributed by atoms with E-state index in [1.807, 2.05) is 30.3 Å². The summed E-state index contributed by atoms with van der Waals surface area (Å²) in [5, 5.41) is 19.5. The minimum absolute atomic E-state index is 0.270. The summed E-state index contributed by atoms with van der Waals surface area (Å²) < 4.78 is 0. The molecule has 0 saturated carbocycles. The number of hydrogen-bond acceptors (Lipinski definition) is 3. The van der Waals surface area contributed by atoms with Gasteiger partial charge >= 0.3 is 5.97 Å². The SMILES string of the molecule is CC(=O)O.O=C(O)c1ccccc1Nc1ccccc1. The van der Waals surface area contributed by atoms with Gasteiger partial charge in [-0.2, -0.15) is 0 Å². The highest BCUT2D eigenvalue weighted by atomic mass is 16.4. The standard InChI is InChI=1S/C13H11NO2.C2H4O2/c15-13(16)11-8-4-5-9-12(11)14-10-6-2-1-3-7-10;1-2(3)4/h1-9,14H,(H,15,16);1H3,(H,3,4). The van der Waals surface area contributed by atoms with Crippen molar-refractivity contribution in [3.63, 3.8) is 0 Å². The Labute approximate surface area is 116 Å². The monoisotopic (exact) mass is 273 g/mol. The third kappa shape index (κ3) is 5.22. The second-order valence-electron chi connectivity index (χ2n) is 3.86. The molecular weight excluding hydrogens is 258 g/mol. The van der Waals surface area contributed by atoms with E-state index in [4.69, 9.17) is 15.0 Å². The van der Waals surface area contributed by atoms with Crippen LogP contribution in [0.15, 0.2) is 54.6 Å². The number of anilines is 2. The van der Waals surface area contributed by atoms with Gasteiger partial charge in [0.1, 0.15) is 0 Å². The minimum atomic E-state index is -0.931. The van der Waals surface area contributed by atoms with Crippen LogP contribution in [0.2, 0.25) is 0 Å². The molecule has 5 heteroatoms. The van der Waals surface area contributed by atoms with Crippen molar-refractivity contribution in [2.45, 2.75) is 6.92 Å². The molecule has 104 valence electrons. The van der Waals surface area contributed by atoms with E-state index in [1.165, 1.54) is 0 Å². The van der Waals surface area contributed by atoms with Gasteiger partial charge in [-0.25, -0.2) is 4.79 Å². The number of aliphatic carboxylic acids is 1. The number of nitrogens with one attached hydrogen (secondary N) is 1. The van der Waals surface area contributed by atoms with Gasteiger partial charge < -0.3 is 15.5 Å². The third-order valence-corrected chi connectivity index (χ3v) is 2.21. The van der Waals surface area contributed by atoms with Crippen molar-refractivity contribution in [1.82, 2.24) is 0 Å². The Morgan fingerprint density at radius 2 is 1.40 bits per heavy atom. The molecule has 2 aromatic rings. The third-order valence-electron chi connectivity index (χ3n) is 2.21. The molecule has 0 aliphatic heterocycles. The average Bonchev–Trinajstić information content (AvgIpc) is 2.39. The fraction of sp³-hybridized carbons (Fsp3) is 0.0667. The largest absolute Gasteiger partial charge is 0.481 e. The van der Waals surface area contributed by atoms with Crippen LogP contribution >= 0.6 is 0 Å². The Hall–Kier alpha value is -2.82. The van der Waals surface area contributed by atoms with Crippen LogP contribution < -0.4 is 5.32 Å². The molecule has 0 aromatic heterocycles. The molecule has 0 aliphatic rings. The molecular formula is C15H15NO4. The quantitative estimate of drug-likeness (QED) is 0.799. The predicted octanol–water partition coefficient (Wildman–Crippen LogP) is 3.22. The van der Waals surface area contributed by atoms with Crippen LogP contribution in [0.25, 0.3) is 0 Å². The smallest absolute Gasteiger partial charge is 0.337 e.